The number of aromatic nitrogens is 4. The summed E-state index contributed by atoms with van der Waals surface area (Å²) in [5.74, 6) is 2.30. The van der Waals surface area contributed by atoms with E-state index in [0.717, 1.165) is 24.5 Å². The highest BCUT2D eigenvalue weighted by atomic mass is 16.5. The van der Waals surface area contributed by atoms with Crippen LogP contribution in [0.3, 0.4) is 0 Å². The molecular formula is C17H21N5O. The molecule has 3 aromatic rings. The quantitative estimate of drug-likeness (QED) is 0.700. The molecular weight excluding hydrogens is 290 g/mol. The van der Waals surface area contributed by atoms with Gasteiger partial charge < -0.3 is 9.09 Å². The van der Waals surface area contributed by atoms with Crippen molar-refractivity contribution in [2.75, 3.05) is 13.6 Å². The monoisotopic (exact) mass is 311 g/mol. The third-order valence-corrected chi connectivity index (χ3v) is 3.82. The van der Waals surface area contributed by atoms with Gasteiger partial charge in [-0.05, 0) is 33.0 Å². The summed E-state index contributed by atoms with van der Waals surface area (Å²) in [5.41, 5.74) is 2.16. The van der Waals surface area contributed by atoms with Crippen LogP contribution >= 0.6 is 0 Å². The molecule has 0 spiro atoms. The zero-order valence-electron chi connectivity index (χ0n) is 13.7. The maximum absolute atomic E-state index is 5.36. The van der Waals surface area contributed by atoms with Gasteiger partial charge in [0.15, 0.2) is 5.82 Å². The topological polar surface area (TPSA) is 60.0 Å². The SMILES string of the molecule is Cc1ccc(-c2nc(CN(C)CCn3ccnc3C)no2)cc1. The molecule has 0 saturated carbocycles. The predicted octanol–water partition coefficient (Wildman–Crippen LogP) is 2.68. The molecule has 6 heteroatoms. The second-order valence-corrected chi connectivity index (χ2v) is 5.79. The van der Waals surface area contributed by atoms with Crippen molar-refractivity contribution in [2.45, 2.75) is 26.9 Å². The Morgan fingerprint density at radius 2 is 1.96 bits per heavy atom. The fourth-order valence-electron chi connectivity index (χ4n) is 2.37. The number of hydrogen-bond acceptors (Lipinski definition) is 5. The van der Waals surface area contributed by atoms with Gasteiger partial charge in [0.25, 0.3) is 5.89 Å². The molecule has 0 amide bonds. The maximum atomic E-state index is 5.36. The van der Waals surface area contributed by atoms with Crippen LogP contribution < -0.4 is 0 Å². The minimum atomic E-state index is 0.568. The van der Waals surface area contributed by atoms with Crippen LogP contribution in [0.25, 0.3) is 11.5 Å². The van der Waals surface area contributed by atoms with Crippen LogP contribution in [0.4, 0.5) is 0 Å². The lowest BCUT2D eigenvalue weighted by molar-refractivity contribution is 0.296. The average molecular weight is 311 g/mol. The van der Waals surface area contributed by atoms with Crippen LogP contribution in [-0.4, -0.2) is 38.2 Å². The Labute approximate surface area is 135 Å². The molecule has 0 saturated heterocycles. The molecule has 2 aromatic heterocycles. The minimum Gasteiger partial charge on any atom is -0.334 e. The van der Waals surface area contributed by atoms with Crippen molar-refractivity contribution in [3.63, 3.8) is 0 Å². The summed E-state index contributed by atoms with van der Waals surface area (Å²) >= 11 is 0. The smallest absolute Gasteiger partial charge is 0.257 e. The lowest BCUT2D eigenvalue weighted by Gasteiger charge is -2.15. The number of imidazole rings is 1. The van der Waals surface area contributed by atoms with Gasteiger partial charge in [-0.2, -0.15) is 4.98 Å². The predicted molar refractivity (Wildman–Crippen MR) is 87.8 cm³/mol. The Morgan fingerprint density at radius 3 is 2.65 bits per heavy atom. The normalized spacial score (nSPS) is 11.3. The first-order valence-electron chi connectivity index (χ1n) is 7.68. The van der Waals surface area contributed by atoms with E-state index in [1.165, 1.54) is 5.56 Å². The molecule has 0 aliphatic rings. The van der Waals surface area contributed by atoms with E-state index < -0.39 is 0 Å². The Morgan fingerprint density at radius 1 is 1.17 bits per heavy atom. The molecule has 120 valence electrons. The summed E-state index contributed by atoms with van der Waals surface area (Å²) in [6.07, 6.45) is 3.81. The van der Waals surface area contributed by atoms with Gasteiger partial charge in [-0.3, -0.25) is 4.90 Å². The third kappa shape index (κ3) is 3.84. The zero-order chi connectivity index (χ0) is 16.2. The average Bonchev–Trinajstić information content (AvgIpc) is 3.15. The summed E-state index contributed by atoms with van der Waals surface area (Å²) < 4.78 is 7.49. The maximum Gasteiger partial charge on any atom is 0.257 e. The van der Waals surface area contributed by atoms with Gasteiger partial charge in [-0.1, -0.05) is 22.9 Å². The number of nitrogens with zero attached hydrogens (tertiary/aromatic N) is 5. The van der Waals surface area contributed by atoms with Gasteiger partial charge >= 0.3 is 0 Å². The Balaban J connectivity index is 1.58. The number of likely N-dealkylation sites (N-methyl/N-ethyl adjacent to an activating group) is 1. The van der Waals surface area contributed by atoms with Crippen LogP contribution in [0, 0.1) is 13.8 Å². The summed E-state index contributed by atoms with van der Waals surface area (Å²) in [6, 6.07) is 8.08. The van der Waals surface area contributed by atoms with Crippen molar-refractivity contribution < 1.29 is 4.52 Å². The van der Waals surface area contributed by atoms with Crippen LogP contribution in [0.5, 0.6) is 0 Å². The van der Waals surface area contributed by atoms with Crippen LogP contribution in [-0.2, 0) is 13.1 Å². The van der Waals surface area contributed by atoms with Crippen molar-refractivity contribution >= 4 is 0 Å². The van der Waals surface area contributed by atoms with Crippen molar-refractivity contribution in [3.05, 3.63) is 53.9 Å². The fraction of sp³-hybridized carbons (Fsp3) is 0.353. The molecule has 1 aromatic carbocycles. The fourth-order valence-corrected chi connectivity index (χ4v) is 2.37. The molecule has 0 aliphatic heterocycles. The van der Waals surface area contributed by atoms with Crippen molar-refractivity contribution in [1.82, 2.24) is 24.6 Å². The lowest BCUT2D eigenvalue weighted by Crippen LogP contribution is -2.23. The summed E-state index contributed by atoms with van der Waals surface area (Å²) in [4.78, 5) is 10.9. The van der Waals surface area contributed by atoms with Gasteiger partial charge in [0, 0.05) is 31.0 Å². The molecule has 2 heterocycles. The van der Waals surface area contributed by atoms with Crippen LogP contribution in [0.2, 0.25) is 0 Å². The largest absolute Gasteiger partial charge is 0.334 e. The molecule has 0 unspecified atom stereocenters. The number of rotatable bonds is 6. The van der Waals surface area contributed by atoms with E-state index in [1.54, 1.807) is 0 Å². The molecule has 0 atom stereocenters. The number of hydrogen-bond donors (Lipinski definition) is 0. The summed E-state index contributed by atoms with van der Waals surface area (Å²) in [5, 5.41) is 4.07. The second-order valence-electron chi connectivity index (χ2n) is 5.79. The van der Waals surface area contributed by atoms with Crippen molar-refractivity contribution in [3.8, 4) is 11.5 Å². The van der Waals surface area contributed by atoms with Crippen LogP contribution in [0.15, 0.2) is 41.2 Å². The third-order valence-electron chi connectivity index (χ3n) is 3.82. The summed E-state index contributed by atoms with van der Waals surface area (Å²) in [6.45, 7) is 6.51. The summed E-state index contributed by atoms with van der Waals surface area (Å²) in [7, 11) is 2.05. The Bertz CT molecular complexity index is 759. The van der Waals surface area contributed by atoms with Gasteiger partial charge in [0.1, 0.15) is 5.82 Å². The van der Waals surface area contributed by atoms with E-state index in [-0.39, 0.29) is 0 Å². The van der Waals surface area contributed by atoms with Gasteiger partial charge in [-0.15, -0.1) is 0 Å². The first-order valence-corrected chi connectivity index (χ1v) is 7.68. The highest BCUT2D eigenvalue weighted by molar-refractivity contribution is 5.53. The molecule has 0 fully saturated rings. The minimum absolute atomic E-state index is 0.568. The van der Waals surface area contributed by atoms with Crippen molar-refractivity contribution in [1.29, 1.82) is 0 Å². The van der Waals surface area contributed by atoms with E-state index in [2.05, 4.69) is 31.5 Å². The number of benzene rings is 1. The molecule has 23 heavy (non-hydrogen) atoms. The van der Waals surface area contributed by atoms with Crippen molar-refractivity contribution in [2.24, 2.45) is 0 Å². The van der Waals surface area contributed by atoms with E-state index in [4.69, 9.17) is 4.52 Å². The van der Waals surface area contributed by atoms with Gasteiger partial charge in [0.05, 0.1) is 6.54 Å². The molecule has 3 rings (SSSR count). The van der Waals surface area contributed by atoms with E-state index in [0.29, 0.717) is 18.3 Å². The first kappa shape index (κ1) is 15.4. The number of aryl methyl sites for hydroxylation is 2. The molecule has 0 N–H and O–H groups in total. The van der Waals surface area contributed by atoms with E-state index in [9.17, 15) is 0 Å². The van der Waals surface area contributed by atoms with Gasteiger partial charge in [-0.25, -0.2) is 4.98 Å². The van der Waals surface area contributed by atoms with E-state index in [1.807, 2.05) is 50.6 Å². The molecule has 0 radical (unpaired) electrons. The van der Waals surface area contributed by atoms with E-state index >= 15 is 0 Å². The highest BCUT2D eigenvalue weighted by Gasteiger charge is 2.11. The van der Waals surface area contributed by atoms with Gasteiger partial charge in [0.2, 0.25) is 0 Å². The standard InChI is InChI=1S/C17H21N5O/c1-13-4-6-15(7-5-13)17-19-16(20-23-17)12-21(3)10-11-22-9-8-18-14(22)2/h4-9H,10-12H2,1-3H3. The highest BCUT2D eigenvalue weighted by Crippen LogP contribution is 2.17. The van der Waals surface area contributed by atoms with Crippen LogP contribution in [0.1, 0.15) is 17.2 Å². The zero-order valence-corrected chi connectivity index (χ0v) is 13.7. The first-order chi connectivity index (χ1) is 11.1. The molecule has 6 nitrogen and oxygen atoms in total. The molecule has 0 aliphatic carbocycles. The Hall–Kier alpha value is -2.47. The lowest BCUT2D eigenvalue weighted by atomic mass is 10.1. The second kappa shape index (κ2) is 6.75. The molecule has 0 bridgehead atoms. The Kier molecular flexibility index (Phi) is 4.52.